The number of benzene rings is 2. The van der Waals surface area contributed by atoms with Gasteiger partial charge < -0.3 is 10.2 Å². The van der Waals surface area contributed by atoms with Crippen LogP contribution >= 0.6 is 11.3 Å². The molecular weight excluding hydrogens is 441 g/mol. The Bertz CT molecular complexity index is 1520. The highest BCUT2D eigenvalue weighted by atomic mass is 32.1. The first-order valence-electron chi connectivity index (χ1n) is 10.1. The maximum absolute atomic E-state index is 13.7. The van der Waals surface area contributed by atoms with Gasteiger partial charge in [0.1, 0.15) is 5.82 Å². The summed E-state index contributed by atoms with van der Waals surface area (Å²) in [5.41, 5.74) is 3.66. The summed E-state index contributed by atoms with van der Waals surface area (Å²) < 4.78 is 15.9. The third kappa shape index (κ3) is 3.44. The summed E-state index contributed by atoms with van der Waals surface area (Å²) in [5, 5.41) is 22.2. The van der Waals surface area contributed by atoms with Gasteiger partial charge >= 0.3 is 0 Å². The number of nitrogens with zero attached hydrogens (tertiary/aromatic N) is 3. The van der Waals surface area contributed by atoms with Crippen LogP contribution in [0, 0.1) is 19.7 Å². The molecule has 8 heteroatoms. The topological polar surface area (TPSA) is 88.2 Å². The summed E-state index contributed by atoms with van der Waals surface area (Å²) in [7, 11) is 0. The van der Waals surface area contributed by atoms with Crippen molar-refractivity contribution in [2.24, 2.45) is 0 Å². The van der Waals surface area contributed by atoms with E-state index in [0.29, 0.717) is 10.7 Å². The number of fused-ring (bicyclic) bond motifs is 1. The van der Waals surface area contributed by atoms with Crippen molar-refractivity contribution in [2.45, 2.75) is 13.8 Å². The van der Waals surface area contributed by atoms with Gasteiger partial charge in [-0.2, -0.15) is 0 Å². The van der Waals surface area contributed by atoms with Crippen LogP contribution in [0.15, 0.2) is 60.9 Å². The zero-order valence-corrected chi connectivity index (χ0v) is 18.5. The van der Waals surface area contributed by atoms with Gasteiger partial charge in [-0.25, -0.2) is 9.37 Å². The molecule has 0 atom stereocenters. The fourth-order valence-corrected chi connectivity index (χ4v) is 5.08. The van der Waals surface area contributed by atoms with E-state index in [2.05, 4.69) is 9.97 Å². The standard InChI is InChI=1S/C25H18FN3O3S/c1-13-11-14(2)20-18(12-13)33-25(28-20)29-21(15-3-5-17(26)6-4-15)19(23(31)24(29)32)22(30)16-7-9-27-10-8-16/h3-12,31-32H,1-2H3. The van der Waals surface area contributed by atoms with E-state index in [1.54, 1.807) is 0 Å². The van der Waals surface area contributed by atoms with Crippen molar-refractivity contribution in [3.8, 4) is 28.0 Å². The van der Waals surface area contributed by atoms with E-state index in [1.165, 1.54) is 64.7 Å². The minimum atomic E-state index is -0.566. The van der Waals surface area contributed by atoms with Crippen molar-refractivity contribution in [1.29, 1.82) is 0 Å². The molecule has 0 aliphatic carbocycles. The monoisotopic (exact) mass is 459 g/mol. The van der Waals surface area contributed by atoms with Gasteiger partial charge in [-0.3, -0.25) is 14.3 Å². The first-order chi connectivity index (χ1) is 15.8. The second-order valence-electron chi connectivity index (χ2n) is 7.73. The molecule has 0 aliphatic rings. The number of pyridine rings is 1. The number of aromatic nitrogens is 3. The van der Waals surface area contributed by atoms with Crippen LogP contribution in [0.25, 0.3) is 26.6 Å². The van der Waals surface area contributed by atoms with Crippen LogP contribution in [0.4, 0.5) is 4.39 Å². The highest BCUT2D eigenvalue weighted by Crippen LogP contribution is 2.45. The van der Waals surface area contributed by atoms with E-state index in [9.17, 15) is 19.4 Å². The zero-order chi connectivity index (χ0) is 23.3. The maximum atomic E-state index is 13.7. The van der Waals surface area contributed by atoms with Crippen molar-refractivity contribution in [3.05, 3.63) is 89.0 Å². The molecule has 5 rings (SSSR count). The molecule has 2 N–H and O–H groups in total. The lowest BCUT2D eigenvalue weighted by atomic mass is 10.00. The molecule has 164 valence electrons. The van der Waals surface area contributed by atoms with Crippen LogP contribution in [0.2, 0.25) is 0 Å². The molecule has 2 aromatic carbocycles. The highest BCUT2D eigenvalue weighted by Gasteiger charge is 2.31. The van der Waals surface area contributed by atoms with Crippen molar-refractivity contribution in [3.63, 3.8) is 0 Å². The van der Waals surface area contributed by atoms with Crippen LogP contribution in [0.3, 0.4) is 0 Å². The first-order valence-corrected chi connectivity index (χ1v) is 10.9. The fraction of sp³-hybridized carbons (Fsp3) is 0.0800. The average molecular weight is 460 g/mol. The van der Waals surface area contributed by atoms with E-state index >= 15 is 0 Å². The van der Waals surface area contributed by atoms with Gasteiger partial charge in [0.15, 0.2) is 16.7 Å². The molecule has 6 nitrogen and oxygen atoms in total. The molecule has 3 aromatic heterocycles. The molecule has 0 fully saturated rings. The van der Waals surface area contributed by atoms with Crippen molar-refractivity contribution < 1.29 is 19.4 Å². The number of carbonyl (C=O) groups is 1. The summed E-state index contributed by atoms with van der Waals surface area (Å²) in [4.78, 5) is 22.0. The minimum absolute atomic E-state index is 0.0996. The van der Waals surface area contributed by atoms with E-state index in [4.69, 9.17) is 0 Å². The van der Waals surface area contributed by atoms with Crippen molar-refractivity contribution >= 4 is 27.3 Å². The van der Waals surface area contributed by atoms with Crippen LogP contribution in [-0.4, -0.2) is 30.5 Å². The zero-order valence-electron chi connectivity index (χ0n) is 17.7. The molecule has 0 saturated carbocycles. The van der Waals surface area contributed by atoms with Gasteiger partial charge in [-0.15, -0.1) is 0 Å². The van der Waals surface area contributed by atoms with Gasteiger partial charge in [-0.05, 0) is 73.0 Å². The lowest BCUT2D eigenvalue weighted by Crippen LogP contribution is -2.05. The highest BCUT2D eigenvalue weighted by molar-refractivity contribution is 7.20. The molecular formula is C25H18FN3O3S. The SMILES string of the molecule is Cc1cc(C)c2nc(-n3c(O)c(O)c(C(=O)c4ccncc4)c3-c3ccc(F)cc3)sc2c1. The summed E-state index contributed by atoms with van der Waals surface area (Å²) in [5.74, 6) is -2.03. The van der Waals surface area contributed by atoms with Crippen LogP contribution in [-0.2, 0) is 0 Å². The summed E-state index contributed by atoms with van der Waals surface area (Å²) in [6.07, 6.45) is 2.94. The van der Waals surface area contributed by atoms with Gasteiger partial charge in [0.05, 0.1) is 21.5 Å². The number of aromatic hydroxyl groups is 2. The molecule has 3 heterocycles. The minimum Gasteiger partial charge on any atom is -0.503 e. The Morgan fingerprint density at radius 3 is 2.42 bits per heavy atom. The maximum Gasteiger partial charge on any atom is 0.242 e. The number of ketones is 1. The third-order valence-corrected chi connectivity index (χ3v) is 6.41. The van der Waals surface area contributed by atoms with E-state index in [1.807, 2.05) is 26.0 Å². The Hall–Kier alpha value is -4.04. The summed E-state index contributed by atoms with van der Waals surface area (Å²) in [6.45, 7) is 3.94. The van der Waals surface area contributed by atoms with Gasteiger partial charge in [-0.1, -0.05) is 17.4 Å². The molecule has 0 radical (unpaired) electrons. The molecule has 0 spiro atoms. The molecule has 5 aromatic rings. The summed E-state index contributed by atoms with van der Waals surface area (Å²) in [6, 6.07) is 12.5. The first kappa shape index (κ1) is 20.8. The molecule has 0 aliphatic heterocycles. The number of hydrogen-bond acceptors (Lipinski definition) is 6. The second-order valence-corrected chi connectivity index (χ2v) is 8.74. The number of aryl methyl sites for hydroxylation is 2. The van der Waals surface area contributed by atoms with Gasteiger partial charge in [0, 0.05) is 18.0 Å². The Morgan fingerprint density at radius 2 is 1.73 bits per heavy atom. The number of hydrogen-bond donors (Lipinski definition) is 2. The van der Waals surface area contributed by atoms with E-state index in [-0.39, 0.29) is 16.8 Å². The normalized spacial score (nSPS) is 11.2. The number of halogens is 1. The number of rotatable bonds is 4. The predicted molar refractivity (Wildman–Crippen MR) is 125 cm³/mol. The average Bonchev–Trinajstić information content (AvgIpc) is 3.33. The lowest BCUT2D eigenvalue weighted by molar-refractivity contribution is 0.103. The number of carbonyl (C=O) groups excluding carboxylic acids is 1. The summed E-state index contributed by atoms with van der Waals surface area (Å²) >= 11 is 1.32. The van der Waals surface area contributed by atoms with Gasteiger partial charge in [0.2, 0.25) is 5.88 Å². The van der Waals surface area contributed by atoms with Crippen LogP contribution in [0.5, 0.6) is 11.6 Å². The molecule has 0 saturated heterocycles. The van der Waals surface area contributed by atoms with Crippen LogP contribution < -0.4 is 0 Å². The van der Waals surface area contributed by atoms with Crippen molar-refractivity contribution in [2.75, 3.05) is 0 Å². The van der Waals surface area contributed by atoms with Gasteiger partial charge in [0.25, 0.3) is 0 Å². The lowest BCUT2D eigenvalue weighted by Gasteiger charge is -2.09. The molecule has 0 bridgehead atoms. The Labute approximate surface area is 192 Å². The molecule has 0 amide bonds. The quantitative estimate of drug-likeness (QED) is 0.344. The van der Waals surface area contributed by atoms with E-state index in [0.717, 1.165) is 21.3 Å². The largest absolute Gasteiger partial charge is 0.503 e. The third-order valence-electron chi connectivity index (χ3n) is 5.42. The van der Waals surface area contributed by atoms with Crippen LogP contribution in [0.1, 0.15) is 27.0 Å². The Balaban J connectivity index is 1.83. The Kier molecular flexibility index (Phi) is 4.94. The number of thiazole rings is 1. The second kappa shape index (κ2) is 7.83. The molecule has 33 heavy (non-hydrogen) atoms. The van der Waals surface area contributed by atoms with E-state index < -0.39 is 23.2 Å². The van der Waals surface area contributed by atoms with Crippen molar-refractivity contribution in [1.82, 2.24) is 14.5 Å². The predicted octanol–water partition coefficient (Wildman–Crippen LogP) is 5.55. The Morgan fingerprint density at radius 1 is 1.03 bits per heavy atom. The molecule has 0 unspecified atom stereocenters. The fourth-order valence-electron chi connectivity index (χ4n) is 3.93. The smallest absolute Gasteiger partial charge is 0.242 e.